The standard InChI is InChI=1S/C24H24F3N11O3/c1-13(38-12-32-19-17(38)21(40)37(9-6-28)23(41)35(19)2)20(39)34-16-5-7-29-18(33-16)14-10-30-22(31-11-14)36-8-3-4-15(36)24(25,26)27/h5,7,10-13,15,23,41H,3-4,8-9H2,1-2H3,(H,29,33,34,39)/t13-,15+,23?/m0/s1. The lowest BCUT2D eigenvalue weighted by Crippen LogP contribution is -2.54. The van der Waals surface area contributed by atoms with Crippen LogP contribution in [0.5, 0.6) is 0 Å². The zero-order chi connectivity index (χ0) is 29.5. The fraction of sp³-hybridized carbons (Fsp3) is 0.417. The lowest BCUT2D eigenvalue weighted by molar-refractivity contribution is -0.146. The molecule has 5 rings (SSSR count). The minimum atomic E-state index is -4.39. The van der Waals surface area contributed by atoms with Crippen LogP contribution in [0.2, 0.25) is 0 Å². The summed E-state index contributed by atoms with van der Waals surface area (Å²) in [4.78, 5) is 50.3. The molecule has 2 N–H and O–H groups in total. The van der Waals surface area contributed by atoms with Gasteiger partial charge in [-0.15, -0.1) is 0 Å². The molecule has 2 aliphatic heterocycles. The molecule has 17 heteroatoms. The Bertz CT molecular complexity index is 1500. The number of alkyl halides is 3. The van der Waals surface area contributed by atoms with Crippen molar-refractivity contribution in [3.05, 3.63) is 36.7 Å². The maximum absolute atomic E-state index is 13.3. The lowest BCUT2D eigenvalue weighted by Gasteiger charge is -2.37. The average molecular weight is 572 g/mol. The topological polar surface area (TPSA) is 169 Å². The van der Waals surface area contributed by atoms with Gasteiger partial charge in [-0.1, -0.05) is 0 Å². The molecule has 3 aromatic rings. The van der Waals surface area contributed by atoms with Gasteiger partial charge in [0, 0.05) is 32.2 Å². The Balaban J connectivity index is 1.32. The van der Waals surface area contributed by atoms with Gasteiger partial charge in [-0.2, -0.15) is 18.4 Å². The van der Waals surface area contributed by atoms with E-state index in [4.69, 9.17) is 5.26 Å². The Labute approximate surface area is 231 Å². The van der Waals surface area contributed by atoms with Crippen LogP contribution in [0.3, 0.4) is 0 Å². The Hall–Kier alpha value is -4.85. The number of aliphatic hydroxyl groups excluding tert-OH is 1. The molecule has 0 bridgehead atoms. The van der Waals surface area contributed by atoms with E-state index in [2.05, 4.69) is 30.2 Å². The molecule has 41 heavy (non-hydrogen) atoms. The highest BCUT2D eigenvalue weighted by molar-refractivity contribution is 6.01. The number of fused-ring (bicyclic) bond motifs is 1. The molecule has 3 aromatic heterocycles. The number of hydrogen-bond donors (Lipinski definition) is 2. The molecule has 1 saturated heterocycles. The fourth-order valence-electron chi connectivity index (χ4n) is 4.75. The molecule has 2 amide bonds. The summed E-state index contributed by atoms with van der Waals surface area (Å²) >= 11 is 0. The largest absolute Gasteiger partial charge is 0.408 e. The van der Waals surface area contributed by atoms with E-state index in [9.17, 15) is 27.9 Å². The first-order chi connectivity index (χ1) is 19.5. The van der Waals surface area contributed by atoms with E-state index in [0.717, 1.165) is 9.80 Å². The van der Waals surface area contributed by atoms with Gasteiger partial charge in [0.15, 0.2) is 17.3 Å². The first-order valence-corrected chi connectivity index (χ1v) is 12.5. The van der Waals surface area contributed by atoms with Crippen molar-refractivity contribution in [3.8, 4) is 17.5 Å². The van der Waals surface area contributed by atoms with E-state index < -0.39 is 36.4 Å². The summed E-state index contributed by atoms with van der Waals surface area (Å²) in [5, 5.41) is 22.1. The van der Waals surface area contributed by atoms with Gasteiger partial charge in [0.25, 0.3) is 5.91 Å². The summed E-state index contributed by atoms with van der Waals surface area (Å²) in [6.07, 6.45) is -0.105. The molecule has 214 valence electrons. The van der Waals surface area contributed by atoms with E-state index in [-0.39, 0.29) is 48.6 Å². The van der Waals surface area contributed by atoms with Crippen LogP contribution in [-0.4, -0.2) is 90.0 Å². The highest BCUT2D eigenvalue weighted by Crippen LogP contribution is 2.35. The number of halogens is 3. The maximum atomic E-state index is 13.3. The number of amides is 2. The average Bonchev–Trinajstić information content (AvgIpc) is 3.62. The third kappa shape index (κ3) is 5.09. The minimum absolute atomic E-state index is 0.0231. The Morgan fingerprint density at radius 3 is 2.68 bits per heavy atom. The highest BCUT2D eigenvalue weighted by atomic mass is 19.4. The van der Waals surface area contributed by atoms with Crippen molar-refractivity contribution >= 4 is 29.4 Å². The normalized spacial score (nSPS) is 19.6. The van der Waals surface area contributed by atoms with E-state index in [1.165, 1.54) is 54.4 Å². The van der Waals surface area contributed by atoms with Crippen LogP contribution in [0.25, 0.3) is 11.4 Å². The molecule has 0 aliphatic carbocycles. The van der Waals surface area contributed by atoms with Crippen LogP contribution in [0.4, 0.5) is 30.8 Å². The van der Waals surface area contributed by atoms with Crippen molar-refractivity contribution in [2.75, 3.05) is 35.3 Å². The second kappa shape index (κ2) is 10.6. The molecule has 2 aliphatic rings. The fourth-order valence-corrected chi connectivity index (χ4v) is 4.75. The predicted molar refractivity (Wildman–Crippen MR) is 136 cm³/mol. The minimum Gasteiger partial charge on any atom is -0.356 e. The van der Waals surface area contributed by atoms with E-state index in [1.807, 2.05) is 6.07 Å². The van der Waals surface area contributed by atoms with Crippen molar-refractivity contribution in [1.29, 1.82) is 5.26 Å². The first-order valence-electron chi connectivity index (χ1n) is 12.5. The second-order valence-corrected chi connectivity index (χ2v) is 9.47. The van der Waals surface area contributed by atoms with Gasteiger partial charge >= 0.3 is 6.18 Å². The highest BCUT2D eigenvalue weighted by Gasteiger charge is 2.47. The molecule has 1 fully saturated rings. The number of rotatable bonds is 6. The summed E-state index contributed by atoms with van der Waals surface area (Å²) in [6, 6.07) is 0.677. The number of imidazole rings is 1. The van der Waals surface area contributed by atoms with Gasteiger partial charge < -0.3 is 24.8 Å². The van der Waals surface area contributed by atoms with Crippen LogP contribution in [-0.2, 0) is 4.79 Å². The van der Waals surface area contributed by atoms with Gasteiger partial charge in [0.1, 0.15) is 24.4 Å². The van der Waals surface area contributed by atoms with Crippen molar-refractivity contribution in [3.63, 3.8) is 0 Å². The number of nitrogens with one attached hydrogen (secondary N) is 1. The number of aliphatic hydroxyl groups is 1. The van der Waals surface area contributed by atoms with Gasteiger partial charge in [0.05, 0.1) is 18.0 Å². The third-order valence-corrected chi connectivity index (χ3v) is 6.93. The summed E-state index contributed by atoms with van der Waals surface area (Å²) < 4.78 is 41.3. The summed E-state index contributed by atoms with van der Waals surface area (Å²) in [5.41, 5.74) is 0.358. The summed E-state index contributed by atoms with van der Waals surface area (Å²) in [6.45, 7) is 1.36. The predicted octanol–water partition coefficient (Wildman–Crippen LogP) is 1.55. The SMILES string of the molecule is C[C@@H](C(=O)Nc1ccnc(-c2cnc(N3CCC[C@@H]3C(F)(F)F)nc2)n1)n1cnc2c1C(=O)N(CC#N)C(O)N2C. The zero-order valence-electron chi connectivity index (χ0n) is 21.8. The van der Waals surface area contributed by atoms with Crippen molar-refractivity contribution in [1.82, 2.24) is 34.4 Å². The first kappa shape index (κ1) is 27.7. The van der Waals surface area contributed by atoms with E-state index in [0.29, 0.717) is 12.0 Å². The van der Waals surface area contributed by atoms with Gasteiger partial charge in [-0.3, -0.25) is 14.5 Å². The number of anilines is 3. The number of carbonyl (C=O) groups is 2. The number of nitrogens with zero attached hydrogens (tertiary/aromatic N) is 10. The quantitative estimate of drug-likeness (QED) is 0.412. The molecular weight excluding hydrogens is 547 g/mol. The molecule has 1 unspecified atom stereocenters. The molecule has 5 heterocycles. The Morgan fingerprint density at radius 1 is 1.27 bits per heavy atom. The van der Waals surface area contributed by atoms with Gasteiger partial charge in [0.2, 0.25) is 18.2 Å². The number of aromatic nitrogens is 6. The number of hydrogen-bond acceptors (Lipinski definition) is 11. The Kier molecular flexibility index (Phi) is 7.17. The number of nitriles is 1. The van der Waals surface area contributed by atoms with Gasteiger partial charge in [-0.05, 0) is 25.8 Å². The van der Waals surface area contributed by atoms with Crippen molar-refractivity contribution in [2.24, 2.45) is 0 Å². The summed E-state index contributed by atoms with van der Waals surface area (Å²) in [5.74, 6) is -0.855. The molecule has 14 nitrogen and oxygen atoms in total. The summed E-state index contributed by atoms with van der Waals surface area (Å²) in [7, 11) is 1.50. The van der Waals surface area contributed by atoms with Gasteiger partial charge in [-0.25, -0.2) is 24.9 Å². The van der Waals surface area contributed by atoms with Crippen LogP contribution in [0, 0.1) is 11.3 Å². The second-order valence-electron chi connectivity index (χ2n) is 9.47. The van der Waals surface area contributed by atoms with Crippen LogP contribution in [0.1, 0.15) is 36.3 Å². The monoisotopic (exact) mass is 571 g/mol. The Morgan fingerprint density at radius 2 is 2.00 bits per heavy atom. The maximum Gasteiger partial charge on any atom is 0.408 e. The molecule has 3 atom stereocenters. The smallest absolute Gasteiger partial charge is 0.356 e. The molecular formula is C24H24F3N11O3. The van der Waals surface area contributed by atoms with Crippen LogP contribution in [0.15, 0.2) is 31.0 Å². The van der Waals surface area contributed by atoms with Crippen LogP contribution >= 0.6 is 0 Å². The van der Waals surface area contributed by atoms with Crippen molar-refractivity contribution < 1.29 is 27.9 Å². The molecule has 0 aromatic carbocycles. The molecule has 0 saturated carbocycles. The van der Waals surface area contributed by atoms with E-state index >= 15 is 0 Å². The zero-order valence-corrected chi connectivity index (χ0v) is 21.8. The van der Waals surface area contributed by atoms with Crippen molar-refractivity contribution in [2.45, 2.75) is 44.4 Å². The third-order valence-electron chi connectivity index (χ3n) is 6.93. The van der Waals surface area contributed by atoms with Crippen LogP contribution < -0.4 is 15.1 Å². The molecule has 0 radical (unpaired) electrons. The lowest BCUT2D eigenvalue weighted by atomic mass is 10.2. The number of carbonyl (C=O) groups excluding carboxylic acids is 2. The van der Waals surface area contributed by atoms with E-state index in [1.54, 1.807) is 0 Å². The molecule has 0 spiro atoms.